The molecular formula is C14H12BrN3O. The Morgan fingerprint density at radius 3 is 2.89 bits per heavy atom. The second-order valence-corrected chi connectivity index (χ2v) is 5.08. The fourth-order valence-corrected chi connectivity index (χ4v) is 2.32. The first kappa shape index (κ1) is 12.2. The van der Waals surface area contributed by atoms with Gasteiger partial charge in [-0.3, -0.25) is 0 Å². The molecule has 2 aromatic heterocycles. The molecule has 0 fully saturated rings. The minimum Gasteiger partial charge on any atom is -0.496 e. The minimum absolute atomic E-state index is 0.656. The van der Waals surface area contributed by atoms with Gasteiger partial charge in [-0.2, -0.15) is 5.10 Å². The van der Waals surface area contributed by atoms with Gasteiger partial charge in [0, 0.05) is 22.7 Å². The molecule has 0 saturated heterocycles. The van der Waals surface area contributed by atoms with E-state index >= 15 is 0 Å². The van der Waals surface area contributed by atoms with Gasteiger partial charge in [-0.25, -0.2) is 9.50 Å². The minimum atomic E-state index is 0.656. The molecule has 0 radical (unpaired) electrons. The van der Waals surface area contributed by atoms with Gasteiger partial charge < -0.3 is 4.74 Å². The van der Waals surface area contributed by atoms with Crippen molar-refractivity contribution >= 4 is 21.6 Å². The summed E-state index contributed by atoms with van der Waals surface area (Å²) in [7, 11) is 1.67. The van der Waals surface area contributed by atoms with Gasteiger partial charge in [-0.1, -0.05) is 18.2 Å². The Balaban J connectivity index is 1.96. The second-order valence-electron chi connectivity index (χ2n) is 4.17. The third-order valence-electron chi connectivity index (χ3n) is 2.88. The van der Waals surface area contributed by atoms with Crippen LogP contribution in [-0.4, -0.2) is 21.7 Å². The number of hydrogen-bond donors (Lipinski definition) is 0. The highest BCUT2D eigenvalue weighted by Gasteiger charge is 2.08. The first-order chi connectivity index (χ1) is 9.26. The van der Waals surface area contributed by atoms with E-state index in [9.17, 15) is 0 Å². The quantitative estimate of drug-likeness (QED) is 0.745. The summed E-state index contributed by atoms with van der Waals surface area (Å²) in [6.07, 6.45) is 2.55. The predicted octanol–water partition coefficient (Wildman–Crippen LogP) is 3.09. The Labute approximate surface area is 119 Å². The normalized spacial score (nSPS) is 10.8. The fourth-order valence-electron chi connectivity index (χ4n) is 2.00. The number of rotatable bonds is 3. The second kappa shape index (κ2) is 5.01. The van der Waals surface area contributed by atoms with Crippen molar-refractivity contribution in [2.24, 2.45) is 0 Å². The maximum Gasteiger partial charge on any atom is 0.156 e. The highest BCUT2D eigenvalue weighted by atomic mass is 79.9. The van der Waals surface area contributed by atoms with Crippen LogP contribution < -0.4 is 4.74 Å². The van der Waals surface area contributed by atoms with E-state index < -0.39 is 0 Å². The van der Waals surface area contributed by atoms with E-state index in [4.69, 9.17) is 4.74 Å². The van der Waals surface area contributed by atoms with E-state index in [-0.39, 0.29) is 0 Å². The number of para-hydroxylation sites is 1. The number of pyridine rings is 1. The molecule has 0 unspecified atom stereocenters. The number of methoxy groups -OCH3 is 1. The van der Waals surface area contributed by atoms with E-state index in [0.29, 0.717) is 6.42 Å². The average molecular weight is 318 g/mol. The van der Waals surface area contributed by atoms with E-state index in [0.717, 1.165) is 27.3 Å². The van der Waals surface area contributed by atoms with Gasteiger partial charge in [-0.05, 0) is 34.1 Å². The van der Waals surface area contributed by atoms with Gasteiger partial charge in [0.2, 0.25) is 0 Å². The van der Waals surface area contributed by atoms with Crippen molar-refractivity contribution in [1.29, 1.82) is 0 Å². The maximum atomic E-state index is 5.34. The van der Waals surface area contributed by atoms with Crippen LogP contribution in [0.15, 0.2) is 47.1 Å². The van der Waals surface area contributed by atoms with Crippen LogP contribution in [0.1, 0.15) is 11.4 Å². The topological polar surface area (TPSA) is 39.4 Å². The van der Waals surface area contributed by atoms with Crippen LogP contribution in [0.4, 0.5) is 0 Å². The van der Waals surface area contributed by atoms with Gasteiger partial charge in [-0.15, -0.1) is 0 Å². The summed E-state index contributed by atoms with van der Waals surface area (Å²) in [4.78, 5) is 4.50. The summed E-state index contributed by atoms with van der Waals surface area (Å²) in [6, 6.07) is 11.8. The third kappa shape index (κ3) is 2.46. The van der Waals surface area contributed by atoms with E-state index in [1.54, 1.807) is 11.6 Å². The third-order valence-corrected chi connectivity index (χ3v) is 3.35. The molecule has 3 rings (SSSR count). The maximum absolute atomic E-state index is 5.34. The van der Waals surface area contributed by atoms with Gasteiger partial charge in [0.25, 0.3) is 0 Å². The Kier molecular flexibility index (Phi) is 3.21. The number of fused-ring (bicyclic) bond motifs is 1. The zero-order chi connectivity index (χ0) is 13.2. The Bertz CT molecular complexity index is 724. The fraction of sp³-hybridized carbons (Fsp3) is 0.143. The van der Waals surface area contributed by atoms with Crippen molar-refractivity contribution in [1.82, 2.24) is 14.6 Å². The molecule has 0 aliphatic carbocycles. The summed E-state index contributed by atoms with van der Waals surface area (Å²) >= 11 is 3.42. The van der Waals surface area contributed by atoms with Crippen molar-refractivity contribution in [2.45, 2.75) is 6.42 Å². The van der Waals surface area contributed by atoms with Crippen LogP contribution in [0.25, 0.3) is 5.65 Å². The van der Waals surface area contributed by atoms with E-state index in [1.807, 2.05) is 42.6 Å². The lowest BCUT2D eigenvalue weighted by Gasteiger charge is -2.05. The highest BCUT2D eigenvalue weighted by Crippen LogP contribution is 2.20. The lowest BCUT2D eigenvalue weighted by Crippen LogP contribution is -1.95. The van der Waals surface area contributed by atoms with Gasteiger partial charge in [0.1, 0.15) is 5.75 Å². The monoisotopic (exact) mass is 317 g/mol. The molecule has 19 heavy (non-hydrogen) atoms. The van der Waals surface area contributed by atoms with Gasteiger partial charge in [0.05, 0.1) is 7.11 Å². The van der Waals surface area contributed by atoms with Crippen LogP contribution in [0, 0.1) is 0 Å². The van der Waals surface area contributed by atoms with Gasteiger partial charge >= 0.3 is 0 Å². The van der Waals surface area contributed by atoms with Crippen LogP contribution in [0.3, 0.4) is 0 Å². The molecule has 0 spiro atoms. The average Bonchev–Trinajstić information content (AvgIpc) is 2.80. The van der Waals surface area contributed by atoms with E-state index in [2.05, 4.69) is 26.0 Å². The van der Waals surface area contributed by atoms with Crippen molar-refractivity contribution < 1.29 is 4.74 Å². The highest BCUT2D eigenvalue weighted by molar-refractivity contribution is 9.10. The SMILES string of the molecule is COc1ccccc1Cc1nc2ccc(Br)cn2n1. The molecule has 4 nitrogen and oxygen atoms in total. The van der Waals surface area contributed by atoms with Crippen molar-refractivity contribution in [3.8, 4) is 5.75 Å². The Morgan fingerprint density at radius 1 is 1.21 bits per heavy atom. The molecule has 2 heterocycles. The summed E-state index contributed by atoms with van der Waals surface area (Å²) in [5.74, 6) is 1.64. The Hall–Kier alpha value is -1.88. The smallest absolute Gasteiger partial charge is 0.156 e. The summed E-state index contributed by atoms with van der Waals surface area (Å²) < 4.78 is 8.09. The summed E-state index contributed by atoms with van der Waals surface area (Å²) in [5.41, 5.74) is 1.92. The number of ether oxygens (including phenoxy) is 1. The molecule has 0 aliphatic rings. The summed E-state index contributed by atoms with van der Waals surface area (Å²) in [6.45, 7) is 0. The molecule has 1 aromatic carbocycles. The predicted molar refractivity (Wildman–Crippen MR) is 76.5 cm³/mol. The molecule has 96 valence electrons. The zero-order valence-corrected chi connectivity index (χ0v) is 12.0. The molecular weight excluding hydrogens is 306 g/mol. The first-order valence-corrected chi connectivity index (χ1v) is 6.68. The number of hydrogen-bond acceptors (Lipinski definition) is 3. The van der Waals surface area contributed by atoms with E-state index in [1.165, 1.54) is 0 Å². The van der Waals surface area contributed by atoms with Crippen LogP contribution >= 0.6 is 15.9 Å². The lowest BCUT2D eigenvalue weighted by atomic mass is 10.1. The lowest BCUT2D eigenvalue weighted by molar-refractivity contribution is 0.410. The summed E-state index contributed by atoms with van der Waals surface area (Å²) in [5, 5.41) is 4.46. The number of nitrogens with zero attached hydrogens (tertiary/aromatic N) is 3. The number of halogens is 1. The first-order valence-electron chi connectivity index (χ1n) is 5.89. The van der Waals surface area contributed by atoms with Crippen LogP contribution in [0.2, 0.25) is 0 Å². The molecule has 0 aliphatic heterocycles. The molecule has 0 saturated carbocycles. The standard InChI is InChI=1S/C14H12BrN3O/c1-19-12-5-3-2-4-10(12)8-13-16-14-7-6-11(15)9-18(14)17-13/h2-7,9H,8H2,1H3. The van der Waals surface area contributed by atoms with Crippen molar-refractivity contribution in [3.63, 3.8) is 0 Å². The molecule has 0 atom stereocenters. The molecule has 0 amide bonds. The number of aromatic nitrogens is 3. The molecule has 5 heteroatoms. The molecule has 0 N–H and O–H groups in total. The van der Waals surface area contributed by atoms with Crippen LogP contribution in [0.5, 0.6) is 5.75 Å². The zero-order valence-electron chi connectivity index (χ0n) is 10.4. The van der Waals surface area contributed by atoms with Crippen LogP contribution in [-0.2, 0) is 6.42 Å². The Morgan fingerprint density at radius 2 is 2.05 bits per heavy atom. The largest absolute Gasteiger partial charge is 0.496 e. The molecule has 3 aromatic rings. The molecule has 0 bridgehead atoms. The van der Waals surface area contributed by atoms with Crippen molar-refractivity contribution in [3.05, 3.63) is 58.5 Å². The number of benzene rings is 1. The van der Waals surface area contributed by atoms with Gasteiger partial charge in [0.15, 0.2) is 11.5 Å². The van der Waals surface area contributed by atoms with Crippen molar-refractivity contribution in [2.75, 3.05) is 7.11 Å².